The van der Waals surface area contributed by atoms with E-state index in [2.05, 4.69) is 23.5 Å². The molecule has 1 amide bonds. The average molecular weight is 295 g/mol. The summed E-state index contributed by atoms with van der Waals surface area (Å²) in [6, 6.07) is 12.1. The molecular formula is C19H21NO2. The summed E-state index contributed by atoms with van der Waals surface area (Å²) in [5.41, 5.74) is 5.88. The number of carbonyl (C=O) groups is 1. The molecule has 0 fully saturated rings. The quantitative estimate of drug-likeness (QED) is 0.931. The molecule has 3 heteroatoms. The van der Waals surface area contributed by atoms with Crippen molar-refractivity contribution in [3.63, 3.8) is 0 Å². The van der Waals surface area contributed by atoms with Crippen LogP contribution in [0, 0.1) is 13.8 Å². The fraction of sp³-hybridized carbons (Fsp3) is 0.316. The molecule has 1 N–H and O–H groups in total. The van der Waals surface area contributed by atoms with Crippen molar-refractivity contribution in [1.82, 2.24) is 0 Å². The van der Waals surface area contributed by atoms with E-state index in [9.17, 15) is 4.79 Å². The summed E-state index contributed by atoms with van der Waals surface area (Å²) < 4.78 is 5.58. The monoisotopic (exact) mass is 295 g/mol. The highest BCUT2D eigenvalue weighted by atomic mass is 16.5. The third-order valence-corrected chi connectivity index (χ3v) is 3.95. The molecular weight excluding hydrogens is 274 g/mol. The summed E-state index contributed by atoms with van der Waals surface area (Å²) in [6.07, 6.45) is 3.47. The fourth-order valence-electron chi connectivity index (χ4n) is 3.01. The Hall–Kier alpha value is -2.29. The highest BCUT2D eigenvalue weighted by Gasteiger charge is 2.12. The minimum atomic E-state index is -0.128. The van der Waals surface area contributed by atoms with E-state index in [0.717, 1.165) is 35.4 Å². The van der Waals surface area contributed by atoms with E-state index in [1.165, 1.54) is 17.5 Å². The average Bonchev–Trinajstić information content (AvgIpc) is 2.92. The van der Waals surface area contributed by atoms with Crippen LogP contribution >= 0.6 is 0 Å². The van der Waals surface area contributed by atoms with Crippen LogP contribution in [-0.4, -0.2) is 12.5 Å². The highest BCUT2D eigenvalue weighted by Crippen LogP contribution is 2.24. The number of rotatable bonds is 4. The first-order valence-corrected chi connectivity index (χ1v) is 7.73. The van der Waals surface area contributed by atoms with Gasteiger partial charge in [-0.25, -0.2) is 0 Å². The van der Waals surface area contributed by atoms with Crippen LogP contribution in [0.2, 0.25) is 0 Å². The summed E-state index contributed by atoms with van der Waals surface area (Å²) in [5.74, 6) is 0.610. The number of amides is 1. The maximum absolute atomic E-state index is 12.0. The van der Waals surface area contributed by atoms with Gasteiger partial charge in [0.1, 0.15) is 5.75 Å². The lowest BCUT2D eigenvalue weighted by Crippen LogP contribution is -2.20. The van der Waals surface area contributed by atoms with Gasteiger partial charge in [-0.3, -0.25) is 4.79 Å². The number of benzene rings is 2. The van der Waals surface area contributed by atoms with Gasteiger partial charge in [0.05, 0.1) is 0 Å². The largest absolute Gasteiger partial charge is 0.484 e. The van der Waals surface area contributed by atoms with Gasteiger partial charge in [-0.05, 0) is 79.6 Å². The molecule has 0 bridgehead atoms. The Morgan fingerprint density at radius 1 is 1.05 bits per heavy atom. The van der Waals surface area contributed by atoms with Crippen LogP contribution in [0.5, 0.6) is 5.75 Å². The first-order chi connectivity index (χ1) is 10.6. The molecule has 1 aliphatic carbocycles. The van der Waals surface area contributed by atoms with Crippen LogP contribution in [0.3, 0.4) is 0 Å². The van der Waals surface area contributed by atoms with Crippen molar-refractivity contribution < 1.29 is 9.53 Å². The predicted molar refractivity (Wildman–Crippen MR) is 88.5 cm³/mol. The smallest absolute Gasteiger partial charge is 0.262 e. The lowest BCUT2D eigenvalue weighted by Gasteiger charge is -2.10. The van der Waals surface area contributed by atoms with Crippen molar-refractivity contribution >= 4 is 11.6 Å². The van der Waals surface area contributed by atoms with Crippen molar-refractivity contribution in [2.45, 2.75) is 33.1 Å². The number of hydrogen-bond acceptors (Lipinski definition) is 2. The fourth-order valence-corrected chi connectivity index (χ4v) is 3.01. The summed E-state index contributed by atoms with van der Waals surface area (Å²) >= 11 is 0. The third kappa shape index (κ3) is 3.48. The molecule has 0 unspecified atom stereocenters. The lowest BCUT2D eigenvalue weighted by atomic mass is 10.1. The predicted octanol–water partition coefficient (Wildman–Crippen LogP) is 3.81. The Balaban J connectivity index is 1.58. The first kappa shape index (κ1) is 14.6. The zero-order valence-corrected chi connectivity index (χ0v) is 13.1. The number of nitrogens with one attached hydrogen (secondary N) is 1. The van der Waals surface area contributed by atoms with Crippen molar-refractivity contribution in [3.8, 4) is 5.75 Å². The van der Waals surface area contributed by atoms with Crippen LogP contribution in [0.1, 0.15) is 28.7 Å². The number of fused-ring (bicyclic) bond motifs is 1. The molecule has 3 nitrogen and oxygen atoms in total. The molecule has 0 aliphatic heterocycles. The molecule has 2 aromatic rings. The Morgan fingerprint density at radius 3 is 2.55 bits per heavy atom. The zero-order chi connectivity index (χ0) is 15.5. The molecule has 0 spiro atoms. The molecule has 0 aromatic heterocycles. The van der Waals surface area contributed by atoms with E-state index in [-0.39, 0.29) is 12.5 Å². The van der Waals surface area contributed by atoms with Gasteiger partial charge >= 0.3 is 0 Å². The van der Waals surface area contributed by atoms with Gasteiger partial charge in [0, 0.05) is 5.69 Å². The number of ether oxygens (including phenoxy) is 1. The van der Waals surface area contributed by atoms with Crippen LogP contribution < -0.4 is 10.1 Å². The second-order valence-electron chi connectivity index (χ2n) is 6.00. The Kier molecular flexibility index (Phi) is 4.14. The maximum atomic E-state index is 12.0. The Labute approximate surface area is 131 Å². The molecule has 2 aromatic carbocycles. The van der Waals surface area contributed by atoms with Gasteiger partial charge in [0.15, 0.2) is 6.61 Å². The molecule has 3 rings (SSSR count). The van der Waals surface area contributed by atoms with Gasteiger partial charge < -0.3 is 10.1 Å². The summed E-state index contributed by atoms with van der Waals surface area (Å²) in [5, 5.41) is 2.91. The summed E-state index contributed by atoms with van der Waals surface area (Å²) in [6.45, 7) is 4.06. The van der Waals surface area contributed by atoms with E-state index >= 15 is 0 Å². The van der Waals surface area contributed by atoms with Gasteiger partial charge in [0.2, 0.25) is 0 Å². The van der Waals surface area contributed by atoms with Crippen molar-refractivity contribution in [2.75, 3.05) is 11.9 Å². The van der Waals surface area contributed by atoms with Gasteiger partial charge in [-0.15, -0.1) is 0 Å². The molecule has 114 valence electrons. The van der Waals surface area contributed by atoms with Gasteiger partial charge in [0.25, 0.3) is 5.91 Å². The van der Waals surface area contributed by atoms with Crippen molar-refractivity contribution in [3.05, 3.63) is 58.7 Å². The normalized spacial score (nSPS) is 12.8. The number of carbonyl (C=O) groups excluding carboxylic acids is 1. The van der Waals surface area contributed by atoms with Crippen molar-refractivity contribution in [2.24, 2.45) is 0 Å². The molecule has 0 heterocycles. The van der Waals surface area contributed by atoms with E-state index in [4.69, 9.17) is 4.74 Å². The van der Waals surface area contributed by atoms with Crippen LogP contribution in [0.25, 0.3) is 0 Å². The van der Waals surface area contributed by atoms with E-state index in [1.807, 2.05) is 32.0 Å². The van der Waals surface area contributed by atoms with Gasteiger partial charge in [-0.1, -0.05) is 12.1 Å². The lowest BCUT2D eigenvalue weighted by molar-refractivity contribution is -0.118. The topological polar surface area (TPSA) is 38.3 Å². The Bertz CT molecular complexity index is 686. The molecule has 22 heavy (non-hydrogen) atoms. The number of aryl methyl sites for hydroxylation is 4. The van der Waals surface area contributed by atoms with E-state index in [0.29, 0.717) is 0 Å². The van der Waals surface area contributed by atoms with E-state index < -0.39 is 0 Å². The molecule has 0 saturated carbocycles. The van der Waals surface area contributed by atoms with Gasteiger partial charge in [-0.2, -0.15) is 0 Å². The molecule has 0 atom stereocenters. The Morgan fingerprint density at radius 2 is 1.77 bits per heavy atom. The first-order valence-electron chi connectivity index (χ1n) is 7.73. The second-order valence-corrected chi connectivity index (χ2v) is 6.00. The molecule has 0 radical (unpaired) electrons. The SMILES string of the molecule is Cc1cc(C)cc(OCC(=O)Nc2ccc3c(c2)CCC3)c1. The standard InChI is InChI=1S/C19H21NO2/c1-13-8-14(2)10-18(9-13)22-12-19(21)20-17-7-6-15-4-3-5-16(15)11-17/h6-11H,3-5,12H2,1-2H3,(H,20,21). The van der Waals surface area contributed by atoms with Crippen LogP contribution in [0.4, 0.5) is 5.69 Å². The second kappa shape index (κ2) is 6.22. The molecule has 1 aliphatic rings. The zero-order valence-electron chi connectivity index (χ0n) is 13.1. The number of anilines is 1. The minimum Gasteiger partial charge on any atom is -0.484 e. The molecule has 0 saturated heterocycles. The van der Waals surface area contributed by atoms with Crippen LogP contribution in [-0.2, 0) is 17.6 Å². The summed E-state index contributed by atoms with van der Waals surface area (Å²) in [7, 11) is 0. The minimum absolute atomic E-state index is 0.0278. The highest BCUT2D eigenvalue weighted by molar-refractivity contribution is 5.92. The van der Waals surface area contributed by atoms with Crippen molar-refractivity contribution in [1.29, 1.82) is 0 Å². The summed E-state index contributed by atoms with van der Waals surface area (Å²) in [4.78, 5) is 12.0. The number of hydrogen-bond donors (Lipinski definition) is 1. The third-order valence-electron chi connectivity index (χ3n) is 3.95. The maximum Gasteiger partial charge on any atom is 0.262 e. The van der Waals surface area contributed by atoms with Crippen LogP contribution in [0.15, 0.2) is 36.4 Å². The van der Waals surface area contributed by atoms with E-state index in [1.54, 1.807) is 0 Å².